The van der Waals surface area contributed by atoms with Crippen LogP contribution in [0.3, 0.4) is 0 Å². The third kappa shape index (κ3) is 9.48. The van der Waals surface area contributed by atoms with Gasteiger partial charge in [0.1, 0.15) is 6.10 Å². The maximum Gasteiger partial charge on any atom is 0.303 e. The van der Waals surface area contributed by atoms with Gasteiger partial charge in [0.25, 0.3) is 0 Å². The monoisotopic (exact) mass is 370 g/mol. The summed E-state index contributed by atoms with van der Waals surface area (Å²) in [6, 6.07) is 0. The molecular weight excluding hydrogens is 336 g/mol. The number of hydrogen-bond acceptors (Lipinski definition) is 5. The predicted molar refractivity (Wildman–Crippen MR) is 99.8 cm³/mol. The molecule has 0 aromatic carbocycles. The average Bonchev–Trinajstić information content (AvgIpc) is 2.97. The van der Waals surface area contributed by atoms with Gasteiger partial charge in [-0.05, 0) is 25.7 Å². The molecule has 1 saturated heterocycles. The first kappa shape index (κ1) is 22.8. The van der Waals surface area contributed by atoms with E-state index in [1.165, 1.54) is 0 Å². The molecule has 1 rings (SSSR count). The van der Waals surface area contributed by atoms with Crippen LogP contribution in [-0.2, 0) is 9.53 Å². The number of carboxylic acid groups (broad SMARTS) is 1. The standard InChI is InChI=1S/C20H34O6/c1-2-3-6-9-15(21)12-13-18-17(23)14-19(26-18)16(22)10-7-4-5-8-11-20(24)25/h4,7,12-13,15-19,21-23H,2-3,5-6,8-11,14H2,1H3,(H,24,25)/b7-4-,13-12+/t15-,16+,17+,18+,19+/m0/s1. The molecule has 26 heavy (non-hydrogen) atoms. The first-order valence-electron chi connectivity index (χ1n) is 9.68. The van der Waals surface area contributed by atoms with Crippen LogP contribution in [0.25, 0.3) is 0 Å². The van der Waals surface area contributed by atoms with Crippen molar-refractivity contribution >= 4 is 5.97 Å². The van der Waals surface area contributed by atoms with Crippen LogP contribution in [0.1, 0.15) is 64.7 Å². The molecule has 0 amide bonds. The van der Waals surface area contributed by atoms with Gasteiger partial charge in [-0.2, -0.15) is 0 Å². The quantitative estimate of drug-likeness (QED) is 0.293. The summed E-state index contributed by atoms with van der Waals surface area (Å²) < 4.78 is 5.71. The second-order valence-corrected chi connectivity index (χ2v) is 6.95. The first-order valence-corrected chi connectivity index (χ1v) is 9.68. The lowest BCUT2D eigenvalue weighted by atomic mass is 10.0. The fraction of sp³-hybridized carbons (Fsp3) is 0.750. The summed E-state index contributed by atoms with van der Waals surface area (Å²) >= 11 is 0. The van der Waals surface area contributed by atoms with Crippen molar-refractivity contribution in [2.75, 3.05) is 0 Å². The Kier molecular flexibility index (Phi) is 11.4. The SMILES string of the molecule is CCCCC[C@H](O)/C=C/[C@H]1O[C@@H]([C@H](O)C/C=C\CCCC(=O)O)C[C@H]1O. The summed E-state index contributed by atoms with van der Waals surface area (Å²) in [6.07, 6.45) is 10.2. The number of aliphatic carboxylic acids is 1. The van der Waals surface area contributed by atoms with Gasteiger partial charge in [0, 0.05) is 12.8 Å². The molecule has 4 N–H and O–H groups in total. The zero-order valence-electron chi connectivity index (χ0n) is 15.7. The fourth-order valence-corrected chi connectivity index (χ4v) is 2.96. The van der Waals surface area contributed by atoms with Gasteiger partial charge in [-0.25, -0.2) is 0 Å². The molecule has 150 valence electrons. The molecule has 1 heterocycles. The van der Waals surface area contributed by atoms with E-state index in [4.69, 9.17) is 9.84 Å². The lowest BCUT2D eigenvalue weighted by Crippen LogP contribution is -2.25. The van der Waals surface area contributed by atoms with Gasteiger partial charge in [0.05, 0.1) is 24.4 Å². The Morgan fingerprint density at radius 1 is 1.23 bits per heavy atom. The zero-order chi connectivity index (χ0) is 19.4. The smallest absolute Gasteiger partial charge is 0.303 e. The van der Waals surface area contributed by atoms with Crippen molar-refractivity contribution in [3.63, 3.8) is 0 Å². The van der Waals surface area contributed by atoms with E-state index in [0.717, 1.165) is 19.3 Å². The van der Waals surface area contributed by atoms with E-state index < -0.39 is 36.5 Å². The number of aliphatic hydroxyl groups is 3. The third-order valence-electron chi connectivity index (χ3n) is 4.55. The Hall–Kier alpha value is -1.21. The molecular formula is C20H34O6. The zero-order valence-corrected chi connectivity index (χ0v) is 15.7. The van der Waals surface area contributed by atoms with E-state index in [2.05, 4.69) is 6.92 Å². The Morgan fingerprint density at radius 3 is 2.69 bits per heavy atom. The van der Waals surface area contributed by atoms with Gasteiger partial charge >= 0.3 is 5.97 Å². The molecule has 0 aliphatic carbocycles. The van der Waals surface area contributed by atoms with Gasteiger partial charge in [0.15, 0.2) is 0 Å². The summed E-state index contributed by atoms with van der Waals surface area (Å²) in [7, 11) is 0. The van der Waals surface area contributed by atoms with Crippen molar-refractivity contribution in [2.45, 2.75) is 95.2 Å². The minimum absolute atomic E-state index is 0.142. The van der Waals surface area contributed by atoms with E-state index in [-0.39, 0.29) is 6.42 Å². The number of unbranched alkanes of at least 4 members (excludes halogenated alkanes) is 3. The van der Waals surface area contributed by atoms with Gasteiger partial charge in [-0.3, -0.25) is 4.79 Å². The second-order valence-electron chi connectivity index (χ2n) is 6.95. The molecule has 0 unspecified atom stereocenters. The lowest BCUT2D eigenvalue weighted by molar-refractivity contribution is -0.137. The Balaban J connectivity index is 2.30. The molecule has 0 aromatic heterocycles. The molecule has 0 radical (unpaired) electrons. The molecule has 0 aromatic rings. The van der Waals surface area contributed by atoms with Crippen LogP contribution in [0.4, 0.5) is 0 Å². The number of ether oxygens (including phenoxy) is 1. The van der Waals surface area contributed by atoms with Crippen LogP contribution in [0, 0.1) is 0 Å². The highest BCUT2D eigenvalue weighted by Crippen LogP contribution is 2.25. The third-order valence-corrected chi connectivity index (χ3v) is 4.55. The van der Waals surface area contributed by atoms with E-state index >= 15 is 0 Å². The van der Waals surface area contributed by atoms with Crippen LogP contribution in [0.15, 0.2) is 24.3 Å². The minimum atomic E-state index is -0.804. The molecule has 0 spiro atoms. The van der Waals surface area contributed by atoms with Crippen LogP contribution in [-0.4, -0.2) is 56.9 Å². The van der Waals surface area contributed by atoms with Crippen LogP contribution in [0.5, 0.6) is 0 Å². The number of carboxylic acids is 1. The van der Waals surface area contributed by atoms with Gasteiger partial charge in [-0.1, -0.05) is 50.5 Å². The van der Waals surface area contributed by atoms with Crippen molar-refractivity contribution in [3.05, 3.63) is 24.3 Å². The fourth-order valence-electron chi connectivity index (χ4n) is 2.96. The summed E-state index contributed by atoms with van der Waals surface area (Å²) in [5, 5.41) is 38.7. The van der Waals surface area contributed by atoms with Gasteiger partial charge < -0.3 is 25.2 Å². The summed E-state index contributed by atoms with van der Waals surface area (Å²) in [6.45, 7) is 2.11. The number of rotatable bonds is 13. The second kappa shape index (κ2) is 13.0. The molecule has 0 saturated carbocycles. The van der Waals surface area contributed by atoms with Crippen LogP contribution >= 0.6 is 0 Å². The predicted octanol–water partition coefficient (Wildman–Crippen LogP) is 2.56. The Labute approximate surface area is 156 Å². The maximum atomic E-state index is 10.4. The van der Waals surface area contributed by atoms with E-state index in [1.54, 1.807) is 12.2 Å². The van der Waals surface area contributed by atoms with Crippen molar-refractivity contribution in [2.24, 2.45) is 0 Å². The average molecular weight is 370 g/mol. The van der Waals surface area contributed by atoms with Gasteiger partial charge in [0.2, 0.25) is 0 Å². The number of hydrogen-bond donors (Lipinski definition) is 4. The summed E-state index contributed by atoms with van der Waals surface area (Å²) in [5.41, 5.74) is 0. The molecule has 1 aliphatic heterocycles. The maximum absolute atomic E-state index is 10.4. The van der Waals surface area contributed by atoms with E-state index in [1.807, 2.05) is 12.2 Å². The summed E-state index contributed by atoms with van der Waals surface area (Å²) in [5.74, 6) is -0.804. The van der Waals surface area contributed by atoms with Crippen molar-refractivity contribution in [3.8, 4) is 0 Å². The largest absolute Gasteiger partial charge is 0.481 e. The molecule has 6 heteroatoms. The highest BCUT2D eigenvalue weighted by atomic mass is 16.5. The molecule has 5 atom stereocenters. The normalized spacial score (nSPS) is 25.9. The highest BCUT2D eigenvalue weighted by molar-refractivity contribution is 5.66. The Morgan fingerprint density at radius 2 is 2.00 bits per heavy atom. The number of aliphatic hydroxyl groups excluding tert-OH is 3. The number of allylic oxidation sites excluding steroid dienone is 1. The van der Waals surface area contributed by atoms with E-state index in [0.29, 0.717) is 32.1 Å². The first-order chi connectivity index (χ1) is 12.4. The van der Waals surface area contributed by atoms with Crippen LogP contribution < -0.4 is 0 Å². The molecule has 6 nitrogen and oxygen atoms in total. The van der Waals surface area contributed by atoms with E-state index in [9.17, 15) is 20.1 Å². The minimum Gasteiger partial charge on any atom is -0.481 e. The van der Waals surface area contributed by atoms with Crippen molar-refractivity contribution in [1.82, 2.24) is 0 Å². The van der Waals surface area contributed by atoms with Gasteiger partial charge in [-0.15, -0.1) is 0 Å². The molecule has 0 bridgehead atoms. The summed E-state index contributed by atoms with van der Waals surface area (Å²) in [4.78, 5) is 10.4. The van der Waals surface area contributed by atoms with Crippen molar-refractivity contribution in [1.29, 1.82) is 0 Å². The molecule has 1 aliphatic rings. The number of carbonyl (C=O) groups is 1. The van der Waals surface area contributed by atoms with Crippen LogP contribution in [0.2, 0.25) is 0 Å². The lowest BCUT2D eigenvalue weighted by Gasteiger charge is -2.16. The Bertz CT molecular complexity index is 448. The topological polar surface area (TPSA) is 107 Å². The molecule has 1 fully saturated rings. The highest BCUT2D eigenvalue weighted by Gasteiger charge is 2.35. The van der Waals surface area contributed by atoms with Crippen molar-refractivity contribution < 1.29 is 30.0 Å².